The number of hydrogen-bond donors (Lipinski definition) is 0. The van der Waals surface area contributed by atoms with Crippen LogP contribution in [0.15, 0.2) is 36.4 Å². The Morgan fingerprint density at radius 3 is 2.31 bits per heavy atom. The van der Waals surface area contributed by atoms with Crippen molar-refractivity contribution in [2.24, 2.45) is 0 Å². The van der Waals surface area contributed by atoms with Crippen LogP contribution >= 0.6 is 0 Å². The highest BCUT2D eigenvalue weighted by molar-refractivity contribution is 6.05. The minimum atomic E-state index is -0.619. The number of carbonyl (C=O) groups is 2. The second kappa shape index (κ2) is 7.58. The third kappa shape index (κ3) is 3.28. The molecule has 1 aliphatic heterocycles. The third-order valence-electron chi connectivity index (χ3n) is 4.50. The molecule has 1 aliphatic rings. The molecule has 0 N–H and O–H groups in total. The SMILES string of the molecule is COC(=O)c1cc2c(c(OC)c1C(=O)OC)CN(Cc1ccccc1)C2. The number of rotatable bonds is 5. The van der Waals surface area contributed by atoms with Gasteiger partial charge in [-0.25, -0.2) is 9.59 Å². The first-order valence-electron chi connectivity index (χ1n) is 8.24. The maximum atomic E-state index is 12.3. The smallest absolute Gasteiger partial charge is 0.342 e. The van der Waals surface area contributed by atoms with Crippen molar-refractivity contribution in [3.05, 3.63) is 64.2 Å². The minimum Gasteiger partial charge on any atom is -0.495 e. The molecule has 0 saturated carbocycles. The maximum absolute atomic E-state index is 12.3. The lowest BCUT2D eigenvalue weighted by Gasteiger charge is -2.16. The molecule has 3 rings (SSSR count). The Balaban J connectivity index is 2.01. The van der Waals surface area contributed by atoms with E-state index in [9.17, 15) is 9.59 Å². The number of hydrogen-bond acceptors (Lipinski definition) is 6. The van der Waals surface area contributed by atoms with Crippen molar-refractivity contribution in [2.45, 2.75) is 19.6 Å². The normalized spacial score (nSPS) is 13.2. The van der Waals surface area contributed by atoms with Crippen molar-refractivity contribution >= 4 is 11.9 Å². The van der Waals surface area contributed by atoms with Gasteiger partial charge >= 0.3 is 11.9 Å². The quantitative estimate of drug-likeness (QED) is 0.769. The fourth-order valence-corrected chi connectivity index (χ4v) is 3.34. The summed E-state index contributed by atoms with van der Waals surface area (Å²) in [7, 11) is 4.05. The van der Waals surface area contributed by atoms with Crippen LogP contribution in [-0.2, 0) is 29.1 Å². The van der Waals surface area contributed by atoms with Crippen molar-refractivity contribution in [1.82, 2.24) is 4.90 Å². The van der Waals surface area contributed by atoms with Gasteiger partial charge in [-0.3, -0.25) is 4.90 Å². The lowest BCUT2D eigenvalue weighted by Crippen LogP contribution is -2.16. The second-order valence-corrected chi connectivity index (χ2v) is 6.08. The van der Waals surface area contributed by atoms with Gasteiger partial charge in [0.15, 0.2) is 0 Å². The number of benzene rings is 2. The number of carbonyl (C=O) groups excluding carboxylic acids is 2. The minimum absolute atomic E-state index is 0.113. The molecule has 0 spiro atoms. The molecule has 0 radical (unpaired) electrons. The van der Waals surface area contributed by atoms with Crippen LogP contribution in [-0.4, -0.2) is 38.2 Å². The van der Waals surface area contributed by atoms with E-state index in [1.807, 2.05) is 18.2 Å². The molecule has 6 heteroatoms. The highest BCUT2D eigenvalue weighted by atomic mass is 16.5. The van der Waals surface area contributed by atoms with Crippen LogP contribution < -0.4 is 4.74 Å². The number of esters is 2. The molecule has 0 atom stereocenters. The van der Waals surface area contributed by atoms with Gasteiger partial charge in [0, 0.05) is 25.2 Å². The van der Waals surface area contributed by atoms with Crippen LogP contribution in [0.3, 0.4) is 0 Å². The summed E-state index contributed by atoms with van der Waals surface area (Å²) in [5.41, 5.74) is 3.32. The standard InChI is InChI=1S/C20H21NO5/c1-24-18-16-12-21(10-13-7-5-4-6-8-13)11-14(16)9-15(19(22)25-2)17(18)20(23)26-3/h4-9H,10-12H2,1-3H3. The lowest BCUT2D eigenvalue weighted by atomic mass is 9.98. The fraction of sp³-hybridized carbons (Fsp3) is 0.300. The number of ether oxygens (including phenoxy) is 3. The lowest BCUT2D eigenvalue weighted by molar-refractivity contribution is 0.0552. The zero-order valence-electron chi connectivity index (χ0n) is 15.1. The first kappa shape index (κ1) is 17.9. The number of methoxy groups -OCH3 is 3. The second-order valence-electron chi connectivity index (χ2n) is 6.08. The molecule has 0 bridgehead atoms. The summed E-state index contributed by atoms with van der Waals surface area (Å²) in [5.74, 6) is -0.829. The van der Waals surface area contributed by atoms with E-state index in [0.717, 1.165) is 17.7 Å². The largest absolute Gasteiger partial charge is 0.495 e. The number of fused-ring (bicyclic) bond motifs is 1. The van der Waals surface area contributed by atoms with Crippen LogP contribution in [0.5, 0.6) is 5.75 Å². The average molecular weight is 355 g/mol. The van der Waals surface area contributed by atoms with Gasteiger partial charge in [0.05, 0.1) is 26.9 Å². The Bertz CT molecular complexity index is 832. The fourth-order valence-electron chi connectivity index (χ4n) is 3.34. The molecule has 6 nitrogen and oxygen atoms in total. The Labute approximate surface area is 152 Å². The monoisotopic (exact) mass is 355 g/mol. The van der Waals surface area contributed by atoms with E-state index < -0.39 is 11.9 Å². The van der Waals surface area contributed by atoms with Gasteiger partial charge in [-0.2, -0.15) is 0 Å². The Hall–Kier alpha value is -2.86. The Kier molecular flexibility index (Phi) is 5.23. The maximum Gasteiger partial charge on any atom is 0.342 e. The summed E-state index contributed by atoms with van der Waals surface area (Å²) in [4.78, 5) is 26.7. The van der Waals surface area contributed by atoms with Gasteiger partial charge < -0.3 is 14.2 Å². The van der Waals surface area contributed by atoms with Crippen molar-refractivity contribution in [3.63, 3.8) is 0 Å². The molecule has 0 fully saturated rings. The molecule has 0 aromatic heterocycles. The first-order valence-corrected chi connectivity index (χ1v) is 8.24. The van der Waals surface area contributed by atoms with Gasteiger partial charge in [-0.05, 0) is 17.2 Å². The van der Waals surface area contributed by atoms with Crippen LogP contribution in [0, 0.1) is 0 Å². The van der Waals surface area contributed by atoms with Crippen molar-refractivity contribution in [2.75, 3.05) is 21.3 Å². The first-order chi connectivity index (χ1) is 12.6. The van der Waals surface area contributed by atoms with E-state index in [1.54, 1.807) is 6.07 Å². The van der Waals surface area contributed by atoms with Crippen molar-refractivity contribution in [3.8, 4) is 5.75 Å². The van der Waals surface area contributed by atoms with E-state index in [4.69, 9.17) is 14.2 Å². The molecule has 0 aliphatic carbocycles. The highest BCUT2D eigenvalue weighted by Crippen LogP contribution is 2.37. The molecule has 136 valence electrons. The van der Waals surface area contributed by atoms with Crippen LogP contribution in [0.25, 0.3) is 0 Å². The van der Waals surface area contributed by atoms with E-state index >= 15 is 0 Å². The van der Waals surface area contributed by atoms with Crippen LogP contribution in [0.4, 0.5) is 0 Å². The van der Waals surface area contributed by atoms with Gasteiger partial charge in [-0.1, -0.05) is 30.3 Å². The van der Waals surface area contributed by atoms with E-state index in [-0.39, 0.29) is 11.1 Å². The zero-order valence-corrected chi connectivity index (χ0v) is 15.1. The van der Waals surface area contributed by atoms with Crippen LogP contribution in [0.1, 0.15) is 37.4 Å². The third-order valence-corrected chi connectivity index (χ3v) is 4.50. The summed E-state index contributed by atoms with van der Waals surface area (Å²) in [6.07, 6.45) is 0. The predicted molar refractivity (Wildman–Crippen MR) is 95.1 cm³/mol. The summed E-state index contributed by atoms with van der Waals surface area (Å²) >= 11 is 0. The Morgan fingerprint density at radius 2 is 1.69 bits per heavy atom. The molecule has 0 saturated heterocycles. The number of nitrogens with zero attached hydrogens (tertiary/aromatic N) is 1. The van der Waals surface area contributed by atoms with Gasteiger partial charge in [-0.15, -0.1) is 0 Å². The molecule has 2 aromatic rings. The van der Waals surface area contributed by atoms with Gasteiger partial charge in [0.1, 0.15) is 11.3 Å². The summed E-state index contributed by atoms with van der Waals surface area (Å²) in [5, 5.41) is 0. The van der Waals surface area contributed by atoms with Crippen LogP contribution in [0.2, 0.25) is 0 Å². The topological polar surface area (TPSA) is 65.1 Å². The molecule has 26 heavy (non-hydrogen) atoms. The summed E-state index contributed by atoms with van der Waals surface area (Å²) < 4.78 is 15.2. The molecule has 1 heterocycles. The molecular weight excluding hydrogens is 334 g/mol. The predicted octanol–water partition coefficient (Wildman–Crippen LogP) is 2.78. The van der Waals surface area contributed by atoms with Crippen molar-refractivity contribution in [1.29, 1.82) is 0 Å². The van der Waals surface area contributed by atoms with E-state index in [1.165, 1.54) is 26.9 Å². The Morgan fingerprint density at radius 1 is 1.00 bits per heavy atom. The van der Waals surface area contributed by atoms with E-state index in [2.05, 4.69) is 17.0 Å². The van der Waals surface area contributed by atoms with Gasteiger partial charge in [0.25, 0.3) is 0 Å². The zero-order chi connectivity index (χ0) is 18.7. The summed E-state index contributed by atoms with van der Waals surface area (Å²) in [6.45, 7) is 2.05. The van der Waals surface area contributed by atoms with E-state index in [0.29, 0.717) is 18.8 Å². The molecule has 0 unspecified atom stereocenters. The summed E-state index contributed by atoms with van der Waals surface area (Å²) in [6, 6.07) is 11.8. The average Bonchev–Trinajstić information content (AvgIpc) is 3.07. The van der Waals surface area contributed by atoms with Gasteiger partial charge in [0.2, 0.25) is 0 Å². The highest BCUT2D eigenvalue weighted by Gasteiger charge is 2.32. The molecule has 0 amide bonds. The molecular formula is C20H21NO5. The molecule has 2 aromatic carbocycles. The van der Waals surface area contributed by atoms with Crippen molar-refractivity contribution < 1.29 is 23.8 Å².